The third-order valence-corrected chi connectivity index (χ3v) is 4.81. The van der Waals surface area contributed by atoms with Crippen molar-refractivity contribution in [2.75, 3.05) is 5.75 Å². The summed E-state index contributed by atoms with van der Waals surface area (Å²) >= 11 is 8.59. The van der Waals surface area contributed by atoms with Crippen LogP contribution in [0.2, 0.25) is 4.34 Å². The minimum Gasteiger partial charge on any atom is -0.480 e. The molecule has 116 valence electrons. The maximum Gasteiger partial charge on any atom is 0.326 e. The van der Waals surface area contributed by atoms with Crippen LogP contribution in [0.15, 0.2) is 12.1 Å². The van der Waals surface area contributed by atoms with E-state index in [0.717, 1.165) is 4.88 Å². The first-order valence-corrected chi connectivity index (χ1v) is 8.36. The number of primary amides is 1. The summed E-state index contributed by atoms with van der Waals surface area (Å²) in [6, 6.07) is 2.57. The van der Waals surface area contributed by atoms with Crippen molar-refractivity contribution in [1.29, 1.82) is 0 Å². The molecule has 1 atom stereocenters. The minimum atomic E-state index is -1.18. The van der Waals surface area contributed by atoms with E-state index in [1.165, 1.54) is 23.1 Å². The number of thiophene rings is 1. The van der Waals surface area contributed by atoms with Crippen molar-refractivity contribution >= 4 is 52.5 Å². The van der Waals surface area contributed by atoms with E-state index in [4.69, 9.17) is 22.4 Å². The fraction of sp³-hybridized carbons (Fsp3) is 0.417. The summed E-state index contributed by atoms with van der Waals surface area (Å²) in [6.07, 6.45) is -0.0975. The van der Waals surface area contributed by atoms with Gasteiger partial charge in [0.1, 0.15) is 6.04 Å². The predicted molar refractivity (Wildman–Crippen MR) is 83.5 cm³/mol. The number of hydrogen-bond acceptors (Lipinski definition) is 5. The van der Waals surface area contributed by atoms with Crippen LogP contribution in [0.25, 0.3) is 0 Å². The van der Waals surface area contributed by atoms with E-state index in [0.29, 0.717) is 10.1 Å². The summed E-state index contributed by atoms with van der Waals surface area (Å²) in [4.78, 5) is 34.3. The molecular weight excluding hydrogens is 336 g/mol. The summed E-state index contributed by atoms with van der Waals surface area (Å²) in [5, 5.41) is 11.3. The van der Waals surface area contributed by atoms with Crippen molar-refractivity contribution < 1.29 is 19.5 Å². The monoisotopic (exact) mass is 350 g/mol. The van der Waals surface area contributed by atoms with Crippen molar-refractivity contribution in [2.24, 2.45) is 5.73 Å². The van der Waals surface area contributed by atoms with E-state index in [2.05, 4.69) is 5.32 Å². The molecule has 1 aromatic rings. The van der Waals surface area contributed by atoms with Gasteiger partial charge in [0.05, 0.1) is 10.1 Å². The molecule has 0 aromatic carbocycles. The molecule has 1 rings (SSSR count). The lowest BCUT2D eigenvalue weighted by Gasteiger charge is -2.13. The highest BCUT2D eigenvalue weighted by Gasteiger charge is 2.20. The maximum absolute atomic E-state index is 11.7. The van der Waals surface area contributed by atoms with Crippen molar-refractivity contribution in [2.45, 2.75) is 24.6 Å². The molecule has 0 unspecified atom stereocenters. The SMILES string of the molecule is NC(=O)CC[C@H](NC(=O)CSCc1ccc(Cl)s1)C(=O)O. The second-order valence-corrected chi connectivity index (χ2v) is 6.95. The van der Waals surface area contributed by atoms with E-state index in [1.54, 1.807) is 6.07 Å². The molecule has 0 fully saturated rings. The number of aliphatic carboxylic acids is 1. The molecule has 4 N–H and O–H groups in total. The third kappa shape index (κ3) is 7.35. The standard InChI is InChI=1S/C12H15ClN2O4S2/c13-9-3-1-7(21-9)5-20-6-11(17)15-8(12(18)19)2-4-10(14)16/h1,3,8H,2,4-6H2,(H2,14,16)(H,15,17)(H,18,19)/t8-/m0/s1. The van der Waals surface area contributed by atoms with Crippen LogP contribution in [0.4, 0.5) is 0 Å². The first kappa shape index (κ1) is 17.8. The molecule has 1 heterocycles. The van der Waals surface area contributed by atoms with Crippen LogP contribution < -0.4 is 11.1 Å². The van der Waals surface area contributed by atoms with Crippen LogP contribution in [-0.4, -0.2) is 34.7 Å². The quantitative estimate of drug-likeness (QED) is 0.624. The summed E-state index contributed by atoms with van der Waals surface area (Å²) in [5.74, 6) is -1.40. The lowest BCUT2D eigenvalue weighted by Crippen LogP contribution is -2.42. The number of nitrogens with one attached hydrogen (secondary N) is 1. The highest BCUT2D eigenvalue weighted by molar-refractivity contribution is 7.99. The third-order valence-electron chi connectivity index (χ3n) is 2.42. The van der Waals surface area contributed by atoms with Crippen LogP contribution in [0.1, 0.15) is 17.7 Å². The number of halogens is 1. The molecule has 21 heavy (non-hydrogen) atoms. The smallest absolute Gasteiger partial charge is 0.326 e. The number of hydrogen-bond donors (Lipinski definition) is 3. The largest absolute Gasteiger partial charge is 0.480 e. The highest BCUT2D eigenvalue weighted by Crippen LogP contribution is 2.24. The number of nitrogens with two attached hydrogens (primary N) is 1. The number of carboxylic acids is 1. The molecule has 9 heteroatoms. The van der Waals surface area contributed by atoms with Gasteiger partial charge in [-0.1, -0.05) is 11.6 Å². The van der Waals surface area contributed by atoms with Crippen LogP contribution in [0, 0.1) is 0 Å². The number of rotatable bonds is 9. The second-order valence-electron chi connectivity index (χ2n) is 4.16. The van der Waals surface area contributed by atoms with Crippen LogP contribution in [-0.2, 0) is 20.1 Å². The molecular formula is C12H15ClN2O4S2. The van der Waals surface area contributed by atoms with Gasteiger partial charge in [-0.3, -0.25) is 9.59 Å². The molecule has 6 nitrogen and oxygen atoms in total. The topological polar surface area (TPSA) is 109 Å². The Balaban J connectivity index is 2.32. The Kier molecular flexibility index (Phi) is 7.55. The Labute approximate surface area is 135 Å². The number of carbonyl (C=O) groups excluding carboxylic acids is 2. The molecule has 0 bridgehead atoms. The Hall–Kier alpha value is -1.25. The number of carboxylic acid groups (broad SMARTS) is 1. The van der Waals surface area contributed by atoms with Gasteiger partial charge in [-0.15, -0.1) is 23.1 Å². The highest BCUT2D eigenvalue weighted by atomic mass is 35.5. The molecule has 0 aliphatic rings. The van der Waals surface area contributed by atoms with Crippen LogP contribution >= 0.6 is 34.7 Å². The molecule has 0 saturated heterocycles. The first-order valence-electron chi connectivity index (χ1n) is 6.01. The molecule has 0 aliphatic carbocycles. The summed E-state index contributed by atoms with van der Waals surface area (Å²) in [5.41, 5.74) is 4.96. The predicted octanol–water partition coefficient (Wildman–Crippen LogP) is 1.47. The van der Waals surface area contributed by atoms with Crippen molar-refractivity contribution in [1.82, 2.24) is 5.32 Å². The fourth-order valence-electron chi connectivity index (χ4n) is 1.45. The van der Waals surface area contributed by atoms with Crippen LogP contribution in [0.5, 0.6) is 0 Å². The number of carbonyl (C=O) groups is 3. The summed E-state index contributed by atoms with van der Waals surface area (Å²) in [6.45, 7) is 0. The molecule has 0 spiro atoms. The second kappa shape index (κ2) is 8.91. The van der Waals surface area contributed by atoms with Gasteiger partial charge in [-0.2, -0.15) is 0 Å². The maximum atomic E-state index is 11.7. The van der Waals surface area contributed by atoms with E-state index < -0.39 is 17.9 Å². The van der Waals surface area contributed by atoms with Gasteiger partial charge in [-0.25, -0.2) is 4.79 Å². The van der Waals surface area contributed by atoms with Gasteiger partial charge < -0.3 is 16.2 Å². The van der Waals surface area contributed by atoms with Gasteiger partial charge in [0.2, 0.25) is 11.8 Å². The first-order chi connectivity index (χ1) is 9.88. The van der Waals surface area contributed by atoms with Gasteiger partial charge in [-0.05, 0) is 18.6 Å². The Morgan fingerprint density at radius 2 is 2.14 bits per heavy atom. The normalized spacial score (nSPS) is 11.9. The van der Waals surface area contributed by atoms with E-state index in [9.17, 15) is 14.4 Å². The lowest BCUT2D eigenvalue weighted by molar-refractivity contribution is -0.141. The molecule has 0 radical (unpaired) electrons. The zero-order chi connectivity index (χ0) is 15.8. The van der Waals surface area contributed by atoms with E-state index in [1.807, 2.05) is 6.07 Å². The molecule has 1 aromatic heterocycles. The lowest BCUT2D eigenvalue weighted by atomic mass is 10.1. The molecule has 2 amide bonds. The van der Waals surface area contributed by atoms with Gasteiger partial charge >= 0.3 is 5.97 Å². The Bertz CT molecular complexity index is 521. The number of amides is 2. The zero-order valence-corrected chi connectivity index (χ0v) is 13.4. The average Bonchev–Trinajstić information content (AvgIpc) is 2.79. The summed E-state index contributed by atoms with van der Waals surface area (Å²) in [7, 11) is 0. The fourth-order valence-corrected chi connectivity index (χ4v) is 3.49. The van der Waals surface area contributed by atoms with E-state index >= 15 is 0 Å². The van der Waals surface area contributed by atoms with E-state index in [-0.39, 0.29) is 24.5 Å². The summed E-state index contributed by atoms with van der Waals surface area (Å²) < 4.78 is 0.687. The van der Waals surface area contributed by atoms with Crippen molar-refractivity contribution in [3.8, 4) is 0 Å². The van der Waals surface area contributed by atoms with Crippen molar-refractivity contribution in [3.05, 3.63) is 21.3 Å². The molecule has 0 saturated carbocycles. The Morgan fingerprint density at radius 3 is 2.67 bits per heavy atom. The number of thioether (sulfide) groups is 1. The van der Waals surface area contributed by atoms with Gasteiger partial charge in [0, 0.05) is 17.1 Å². The molecule has 0 aliphatic heterocycles. The minimum absolute atomic E-state index is 0.0123. The van der Waals surface area contributed by atoms with Gasteiger partial charge in [0.25, 0.3) is 0 Å². The Morgan fingerprint density at radius 1 is 1.43 bits per heavy atom. The van der Waals surface area contributed by atoms with Crippen molar-refractivity contribution in [3.63, 3.8) is 0 Å². The van der Waals surface area contributed by atoms with Crippen LogP contribution in [0.3, 0.4) is 0 Å². The average molecular weight is 351 g/mol. The zero-order valence-electron chi connectivity index (χ0n) is 11.0. The van der Waals surface area contributed by atoms with Gasteiger partial charge in [0.15, 0.2) is 0 Å².